The molecule has 0 saturated heterocycles. The summed E-state index contributed by atoms with van der Waals surface area (Å²) in [5.74, 6) is 0. The second kappa shape index (κ2) is 123. The Balaban J connectivity index is 0. The smallest absolute Gasteiger partial charge is 0.0149 e. The first-order valence-corrected chi connectivity index (χ1v) is 0. The van der Waals surface area contributed by atoms with Gasteiger partial charge in [-0.1, -0.05) is 0 Å². The topological polar surface area (TPSA) is 66.5 Å². The van der Waals surface area contributed by atoms with Crippen molar-refractivity contribution in [2.24, 2.45) is 0 Å². The minimum absolute atomic E-state index is 0. The zero-order valence-electron chi connectivity index (χ0n) is 2.41. The first-order valence-electron chi connectivity index (χ1n) is 0. The van der Waals surface area contributed by atoms with Gasteiger partial charge in [0.2, 0.25) is 0 Å². The Labute approximate surface area is 58.4 Å². The van der Waals surface area contributed by atoms with Gasteiger partial charge in [-0.15, -0.1) is 0 Å². The van der Waals surface area contributed by atoms with E-state index in [1.165, 1.54) is 0 Å². The molecule has 6 heteroatoms. The van der Waals surface area contributed by atoms with Crippen molar-refractivity contribution >= 4 is 46.3 Å². The predicted molar refractivity (Wildman–Crippen MR) is 49.6 cm³/mol. The monoisotopic (exact) mass is 197 g/mol. The molecular formula is H17BNOPSeSi. The molecular weight excluding hydrogens is 179 g/mol. The molecule has 0 rings (SSSR count). The van der Waals surface area contributed by atoms with Crippen molar-refractivity contribution in [2.75, 3.05) is 0 Å². The van der Waals surface area contributed by atoms with E-state index in [2.05, 4.69) is 0 Å². The van der Waals surface area contributed by atoms with Gasteiger partial charge in [0.05, 0.1) is 8.41 Å². The van der Waals surface area contributed by atoms with Crippen LogP contribution in [0.2, 0.25) is 0 Å². The third kappa shape index (κ3) is 67.0. The van der Waals surface area contributed by atoms with E-state index in [4.69, 9.17) is 0 Å². The first kappa shape index (κ1) is 204. The quantitative estimate of drug-likeness (QED) is 0.310. The van der Waals surface area contributed by atoms with Crippen LogP contribution in [0.25, 0.3) is 0 Å². The van der Waals surface area contributed by atoms with Crippen molar-refractivity contribution in [3.8, 4) is 0 Å². The van der Waals surface area contributed by atoms with Gasteiger partial charge < -0.3 is 11.6 Å². The Kier molecular flexibility index (Phi) is 4190. The number of hydrogen-bond acceptors (Lipinski definition) is 1. The Morgan fingerprint density at radius 2 is 1.00 bits per heavy atom. The van der Waals surface area contributed by atoms with Crippen molar-refractivity contribution < 1.29 is 5.48 Å². The normalized spacial score (nSPS) is 0. The fourth-order valence-electron chi connectivity index (χ4n) is 0. The molecule has 0 fully saturated rings. The van der Waals surface area contributed by atoms with Gasteiger partial charge in [0.15, 0.2) is 0 Å². The van der Waals surface area contributed by atoms with Crippen LogP contribution in [0.1, 0.15) is 0 Å². The van der Waals surface area contributed by atoms with Crippen molar-refractivity contribution in [1.82, 2.24) is 6.15 Å². The number of rotatable bonds is 0. The molecule has 0 saturated carbocycles. The zero-order valence-corrected chi connectivity index (χ0v) is 5.93. The maximum absolute atomic E-state index is 0. The van der Waals surface area contributed by atoms with Crippen LogP contribution >= 0.6 is 9.90 Å². The molecule has 5 N–H and O–H groups in total. The second-order valence-electron chi connectivity index (χ2n) is 0. The molecule has 0 aromatic heterocycles. The molecule has 1 unspecified atom stereocenters. The Morgan fingerprint density at radius 3 is 1.00 bits per heavy atom. The molecule has 0 aromatic rings. The Hall–Kier alpha value is 1.15. The summed E-state index contributed by atoms with van der Waals surface area (Å²) in [6.07, 6.45) is 0. The van der Waals surface area contributed by atoms with Gasteiger partial charge in [-0.3, -0.25) is 0 Å². The molecule has 1 atom stereocenters. The molecule has 0 bridgehead atoms. The van der Waals surface area contributed by atoms with Crippen molar-refractivity contribution in [3.05, 3.63) is 0 Å². The molecule has 6 heavy (non-hydrogen) atoms. The van der Waals surface area contributed by atoms with E-state index in [0.717, 1.165) is 0 Å². The predicted octanol–water partition coefficient (Wildman–Crippen LogP) is -4.16. The molecule has 0 spiro atoms. The Bertz CT molecular complexity index is 15.5. The fraction of sp³-hybridized carbons (Fsp3) is 0. The third-order valence-electron chi connectivity index (χ3n) is 0. The van der Waals surface area contributed by atoms with E-state index < -0.39 is 0 Å². The summed E-state index contributed by atoms with van der Waals surface area (Å²) < 4.78 is 0. The van der Waals surface area contributed by atoms with Crippen molar-refractivity contribution in [1.29, 1.82) is 0 Å². The van der Waals surface area contributed by atoms with E-state index in [-0.39, 0.29) is 58.0 Å². The maximum Gasteiger partial charge on any atom is -0.0149 e. The minimum atomic E-state index is 0. The maximum atomic E-state index is 0. The third-order valence-corrected chi connectivity index (χ3v) is 0. The number of hydrogen-bond donors (Lipinski definition) is 1. The van der Waals surface area contributed by atoms with Gasteiger partial charge in [-0.2, -0.15) is 9.90 Å². The van der Waals surface area contributed by atoms with E-state index in [1.54, 1.807) is 0 Å². The van der Waals surface area contributed by atoms with Gasteiger partial charge in [0, 0.05) is 0 Å². The molecule has 0 radical (unpaired) electrons. The van der Waals surface area contributed by atoms with Crippen molar-refractivity contribution in [3.63, 3.8) is 0 Å². The van der Waals surface area contributed by atoms with Crippen LogP contribution in [-0.4, -0.2) is 41.9 Å². The van der Waals surface area contributed by atoms with Crippen LogP contribution in [-0.2, 0) is 0 Å². The van der Waals surface area contributed by atoms with Crippen LogP contribution in [0, 0.1) is 0 Å². The molecule has 0 aliphatic carbocycles. The van der Waals surface area contributed by atoms with Crippen LogP contribution in [0.4, 0.5) is 0 Å². The summed E-state index contributed by atoms with van der Waals surface area (Å²) in [6.45, 7) is 0. The summed E-state index contributed by atoms with van der Waals surface area (Å²) in [5.41, 5.74) is 0. The van der Waals surface area contributed by atoms with Crippen molar-refractivity contribution in [2.45, 2.75) is 0 Å². The first-order chi connectivity index (χ1) is 0. The van der Waals surface area contributed by atoms with Gasteiger partial charge in [-0.05, 0) is 11.0 Å². The standard InChI is InChI=1S/BH3.H3N.H2O.H3P.H2Se.H4Si/h2*1H3;1H2;1H3;1H2;1H4. The van der Waals surface area contributed by atoms with E-state index in [1.807, 2.05) is 0 Å². The van der Waals surface area contributed by atoms with Gasteiger partial charge in [0.1, 0.15) is 0 Å². The van der Waals surface area contributed by atoms with E-state index in [0.29, 0.717) is 0 Å². The molecule has 0 amide bonds. The second-order valence-corrected chi connectivity index (χ2v) is 0. The largest absolute Gasteiger partial charge is 0.0149 e. The average Bonchev–Trinajstić information content (AvgIpc) is 0. The molecule has 0 aliphatic heterocycles. The SMILES string of the molecule is B.N.O.P.[SeH2].[SiH4]. The van der Waals surface area contributed by atoms with Gasteiger partial charge >= 0.3 is 17.1 Å². The molecule has 0 heterocycles. The van der Waals surface area contributed by atoms with E-state index in [9.17, 15) is 0 Å². The van der Waals surface area contributed by atoms with Gasteiger partial charge in [0.25, 0.3) is 0 Å². The molecule has 0 aliphatic rings. The fourth-order valence-corrected chi connectivity index (χ4v) is 0. The summed E-state index contributed by atoms with van der Waals surface area (Å²) in [4.78, 5) is 0. The zero-order chi connectivity index (χ0) is 0. The summed E-state index contributed by atoms with van der Waals surface area (Å²) in [5, 5.41) is 0. The Morgan fingerprint density at radius 1 is 1.00 bits per heavy atom. The average molecular weight is 196 g/mol. The summed E-state index contributed by atoms with van der Waals surface area (Å²) >= 11 is 0. The molecule has 46 valence electrons. The van der Waals surface area contributed by atoms with Crippen LogP contribution in [0.3, 0.4) is 0 Å². The van der Waals surface area contributed by atoms with E-state index >= 15 is 0 Å². The minimum Gasteiger partial charge on any atom is -0.0149 e. The molecule has 0 aromatic carbocycles. The van der Waals surface area contributed by atoms with Crippen LogP contribution in [0.5, 0.6) is 0 Å². The van der Waals surface area contributed by atoms with Crippen LogP contribution < -0.4 is 6.15 Å². The van der Waals surface area contributed by atoms with Gasteiger partial charge in [-0.25, -0.2) is 0 Å². The van der Waals surface area contributed by atoms with Crippen LogP contribution in [0.15, 0.2) is 0 Å². The summed E-state index contributed by atoms with van der Waals surface area (Å²) in [6, 6.07) is 0. The molecule has 2 nitrogen and oxygen atoms in total. The summed E-state index contributed by atoms with van der Waals surface area (Å²) in [7, 11) is 0.